The second-order valence-electron chi connectivity index (χ2n) is 2.65. The fourth-order valence-electron chi connectivity index (χ4n) is 1.05. The minimum atomic E-state index is -3.01. The van der Waals surface area contributed by atoms with Gasteiger partial charge in [0.15, 0.2) is 0 Å². The van der Waals surface area contributed by atoms with Crippen molar-refractivity contribution in [2.45, 2.75) is 6.43 Å². The number of esters is 1. The Hall–Kier alpha value is -1.74. The minimum Gasteiger partial charge on any atom is -0.465 e. The van der Waals surface area contributed by atoms with E-state index in [2.05, 4.69) is 9.72 Å². The highest BCUT2D eigenvalue weighted by Crippen LogP contribution is 2.28. The summed E-state index contributed by atoms with van der Waals surface area (Å²) in [6.07, 6.45) is -3.01. The fraction of sp³-hybridized carbons (Fsp3) is 0.222. The number of hydrogen-bond acceptors (Lipinski definition) is 4. The first-order chi connectivity index (χ1) is 7.51. The monoisotopic (exact) mass is 246 g/mol. The van der Waals surface area contributed by atoms with Crippen LogP contribution in [0.1, 0.15) is 28.2 Å². The van der Waals surface area contributed by atoms with Crippen molar-refractivity contribution >= 4 is 17.6 Å². The van der Waals surface area contributed by atoms with E-state index in [1.807, 2.05) is 0 Å². The van der Waals surface area contributed by atoms with Crippen LogP contribution in [0.2, 0.25) is 5.02 Å². The molecule has 7 heteroatoms. The van der Waals surface area contributed by atoms with E-state index >= 15 is 0 Å². The average molecular weight is 247 g/mol. The van der Waals surface area contributed by atoms with Crippen LogP contribution < -0.4 is 0 Å². The zero-order valence-corrected chi connectivity index (χ0v) is 8.76. The Labute approximate surface area is 94.4 Å². The molecular weight excluding hydrogens is 242 g/mol. The molecule has 1 rings (SSSR count). The zero-order valence-electron chi connectivity index (χ0n) is 8.00. The number of carbonyl (C=O) groups is 1. The molecule has 0 aliphatic rings. The quantitative estimate of drug-likeness (QED) is 0.752. The third-order valence-electron chi connectivity index (χ3n) is 1.71. The van der Waals surface area contributed by atoms with Gasteiger partial charge in [0.1, 0.15) is 23.0 Å². The second-order valence-corrected chi connectivity index (χ2v) is 3.06. The van der Waals surface area contributed by atoms with Crippen LogP contribution in [0.5, 0.6) is 0 Å². The minimum absolute atomic E-state index is 0.284. The van der Waals surface area contributed by atoms with Crippen LogP contribution in [0, 0.1) is 11.3 Å². The third kappa shape index (κ3) is 2.25. The fourth-order valence-corrected chi connectivity index (χ4v) is 1.33. The van der Waals surface area contributed by atoms with Crippen molar-refractivity contribution < 1.29 is 18.3 Å². The highest BCUT2D eigenvalue weighted by atomic mass is 35.5. The molecule has 1 heterocycles. The summed E-state index contributed by atoms with van der Waals surface area (Å²) in [5.41, 5.74) is -1.65. The first-order valence-electron chi connectivity index (χ1n) is 3.98. The molecule has 0 atom stereocenters. The Balaban J connectivity index is 3.47. The van der Waals surface area contributed by atoms with Crippen LogP contribution in [-0.4, -0.2) is 18.1 Å². The Kier molecular flexibility index (Phi) is 3.74. The summed E-state index contributed by atoms with van der Waals surface area (Å²) < 4.78 is 29.5. The van der Waals surface area contributed by atoms with Gasteiger partial charge in [-0.3, -0.25) is 0 Å². The van der Waals surface area contributed by atoms with Gasteiger partial charge in [-0.15, -0.1) is 0 Å². The van der Waals surface area contributed by atoms with Gasteiger partial charge in [0, 0.05) is 0 Å². The summed E-state index contributed by atoms with van der Waals surface area (Å²) in [5, 5.41) is 8.24. The molecule has 84 valence electrons. The van der Waals surface area contributed by atoms with Crippen LogP contribution in [0.15, 0.2) is 6.07 Å². The predicted octanol–water partition coefficient (Wildman–Crippen LogP) is 2.33. The summed E-state index contributed by atoms with van der Waals surface area (Å²) in [6, 6.07) is 2.59. The van der Waals surface area contributed by atoms with Gasteiger partial charge in [0.2, 0.25) is 0 Å². The van der Waals surface area contributed by atoms with E-state index in [9.17, 15) is 13.6 Å². The molecule has 0 fully saturated rings. The van der Waals surface area contributed by atoms with Gasteiger partial charge in [-0.2, -0.15) is 5.26 Å². The average Bonchev–Trinajstić information content (AvgIpc) is 2.26. The molecule has 1 aromatic heterocycles. The lowest BCUT2D eigenvalue weighted by Crippen LogP contribution is -2.10. The van der Waals surface area contributed by atoms with Crippen molar-refractivity contribution in [1.82, 2.24) is 4.98 Å². The maximum atomic E-state index is 12.6. The number of hydrogen-bond donors (Lipinski definition) is 0. The van der Waals surface area contributed by atoms with E-state index in [-0.39, 0.29) is 10.7 Å². The third-order valence-corrected chi connectivity index (χ3v) is 2.01. The molecule has 0 unspecified atom stereocenters. The van der Waals surface area contributed by atoms with Crippen molar-refractivity contribution in [2.24, 2.45) is 0 Å². The van der Waals surface area contributed by atoms with E-state index < -0.39 is 23.7 Å². The molecule has 4 nitrogen and oxygen atoms in total. The van der Waals surface area contributed by atoms with Gasteiger partial charge in [-0.05, 0) is 6.07 Å². The molecule has 16 heavy (non-hydrogen) atoms. The van der Waals surface area contributed by atoms with Gasteiger partial charge >= 0.3 is 5.97 Å². The van der Waals surface area contributed by atoms with E-state index in [1.165, 1.54) is 0 Å². The van der Waals surface area contributed by atoms with Crippen LogP contribution in [0.4, 0.5) is 8.78 Å². The maximum absolute atomic E-state index is 12.6. The molecule has 0 radical (unpaired) electrons. The first-order valence-corrected chi connectivity index (χ1v) is 4.36. The van der Waals surface area contributed by atoms with E-state index in [1.54, 1.807) is 6.07 Å². The standard InChI is InChI=1S/C9H5ClF2N2O2/c1-16-9(15)6-5(10)2-4(3-13)14-7(6)8(11)12/h2,8H,1H3. The van der Waals surface area contributed by atoms with Crippen LogP contribution in [-0.2, 0) is 4.74 Å². The number of carbonyl (C=O) groups excluding carboxylic acids is 1. The van der Waals surface area contributed by atoms with Gasteiger partial charge < -0.3 is 4.74 Å². The van der Waals surface area contributed by atoms with E-state index in [0.29, 0.717) is 0 Å². The number of rotatable bonds is 2. The lowest BCUT2D eigenvalue weighted by molar-refractivity contribution is 0.0587. The summed E-state index contributed by atoms with van der Waals surface area (Å²) in [7, 11) is 1.03. The highest BCUT2D eigenvalue weighted by Gasteiger charge is 2.25. The molecule has 0 saturated carbocycles. The highest BCUT2D eigenvalue weighted by molar-refractivity contribution is 6.33. The lowest BCUT2D eigenvalue weighted by atomic mass is 10.1. The van der Waals surface area contributed by atoms with Crippen LogP contribution >= 0.6 is 11.6 Å². The normalized spacial score (nSPS) is 10.0. The van der Waals surface area contributed by atoms with Crippen molar-refractivity contribution in [3.05, 3.63) is 28.0 Å². The Morgan fingerprint density at radius 3 is 2.75 bits per heavy atom. The zero-order chi connectivity index (χ0) is 12.3. The number of alkyl halides is 2. The van der Waals surface area contributed by atoms with Gasteiger partial charge in [0.25, 0.3) is 6.43 Å². The maximum Gasteiger partial charge on any atom is 0.341 e. The Morgan fingerprint density at radius 2 is 2.31 bits per heavy atom. The smallest absolute Gasteiger partial charge is 0.341 e. The number of pyridine rings is 1. The number of halogens is 3. The molecule has 0 amide bonds. The molecule has 0 saturated heterocycles. The first kappa shape index (κ1) is 12.3. The number of nitrogens with zero attached hydrogens (tertiary/aromatic N) is 2. The van der Waals surface area contributed by atoms with Crippen molar-refractivity contribution in [3.63, 3.8) is 0 Å². The van der Waals surface area contributed by atoms with Crippen LogP contribution in [0.25, 0.3) is 0 Å². The van der Waals surface area contributed by atoms with Gasteiger partial charge in [0.05, 0.1) is 12.1 Å². The molecule has 1 aromatic rings. The Morgan fingerprint density at radius 1 is 1.69 bits per heavy atom. The predicted molar refractivity (Wildman–Crippen MR) is 50.3 cm³/mol. The van der Waals surface area contributed by atoms with Crippen LogP contribution in [0.3, 0.4) is 0 Å². The van der Waals surface area contributed by atoms with E-state index in [0.717, 1.165) is 13.2 Å². The van der Waals surface area contributed by atoms with Crippen molar-refractivity contribution in [1.29, 1.82) is 5.26 Å². The van der Waals surface area contributed by atoms with Gasteiger partial charge in [-0.25, -0.2) is 18.6 Å². The number of methoxy groups -OCH3 is 1. The van der Waals surface area contributed by atoms with Crippen molar-refractivity contribution in [3.8, 4) is 6.07 Å². The molecule has 0 aromatic carbocycles. The summed E-state index contributed by atoms with van der Waals surface area (Å²) in [4.78, 5) is 14.5. The largest absolute Gasteiger partial charge is 0.465 e. The second kappa shape index (κ2) is 4.86. The molecule has 0 aliphatic carbocycles. The molecular formula is C9H5ClF2N2O2. The lowest BCUT2D eigenvalue weighted by Gasteiger charge is -2.08. The molecule has 0 N–H and O–H groups in total. The molecule has 0 aliphatic heterocycles. The number of aromatic nitrogens is 1. The number of ether oxygens (including phenoxy) is 1. The SMILES string of the molecule is COC(=O)c1c(Cl)cc(C#N)nc1C(F)F. The molecule has 0 spiro atoms. The van der Waals surface area contributed by atoms with Crippen molar-refractivity contribution in [2.75, 3.05) is 7.11 Å². The summed E-state index contributed by atoms with van der Waals surface area (Å²) in [6.45, 7) is 0. The van der Waals surface area contributed by atoms with Gasteiger partial charge in [-0.1, -0.05) is 11.6 Å². The number of nitriles is 1. The van der Waals surface area contributed by atoms with E-state index in [4.69, 9.17) is 16.9 Å². The summed E-state index contributed by atoms with van der Waals surface area (Å²) in [5.74, 6) is -1.02. The topological polar surface area (TPSA) is 63.0 Å². The summed E-state index contributed by atoms with van der Waals surface area (Å²) >= 11 is 5.61. The molecule has 0 bridgehead atoms. The Bertz CT molecular complexity index is 471.